The van der Waals surface area contributed by atoms with Gasteiger partial charge in [0.2, 0.25) is 0 Å². The number of aryl methyl sites for hydroxylation is 1. The third-order valence-electron chi connectivity index (χ3n) is 2.35. The van der Waals surface area contributed by atoms with Crippen molar-refractivity contribution in [2.24, 2.45) is 0 Å². The molecule has 0 bridgehead atoms. The highest BCUT2D eigenvalue weighted by molar-refractivity contribution is 7.12. The van der Waals surface area contributed by atoms with Crippen LogP contribution in [0.15, 0.2) is 30.3 Å². The molecule has 0 N–H and O–H groups in total. The predicted octanol–water partition coefficient (Wildman–Crippen LogP) is 4.24. The lowest BCUT2D eigenvalue weighted by atomic mass is 10.1. The minimum Gasteiger partial charge on any atom is -0.241 e. The van der Waals surface area contributed by atoms with Gasteiger partial charge in [-0.2, -0.15) is 0 Å². The maximum atomic E-state index is 4.70. The van der Waals surface area contributed by atoms with Crippen molar-refractivity contribution in [3.8, 4) is 11.3 Å². The summed E-state index contributed by atoms with van der Waals surface area (Å²) in [4.78, 5) is 6.01. The van der Waals surface area contributed by atoms with E-state index in [9.17, 15) is 0 Å². The molecule has 0 spiro atoms. The Bertz CT molecular complexity index is 443. The van der Waals surface area contributed by atoms with Gasteiger partial charge in [0, 0.05) is 16.4 Å². The fourth-order valence-corrected chi connectivity index (χ4v) is 2.47. The Labute approximate surface area is 94.8 Å². The Kier molecular flexibility index (Phi) is 2.87. The molecule has 0 saturated carbocycles. The summed E-state index contributed by atoms with van der Waals surface area (Å²) >= 11 is 1.81. The first-order valence-electron chi connectivity index (χ1n) is 5.21. The van der Waals surface area contributed by atoms with Gasteiger partial charge in [-0.3, -0.25) is 0 Å². The largest absolute Gasteiger partial charge is 0.241 e. The van der Waals surface area contributed by atoms with Crippen LogP contribution in [0.2, 0.25) is 0 Å². The van der Waals surface area contributed by atoms with Gasteiger partial charge in [-0.15, -0.1) is 11.3 Å². The number of hydrogen-bond acceptors (Lipinski definition) is 2. The summed E-state index contributed by atoms with van der Waals surface area (Å²) < 4.78 is 0. The molecule has 0 saturated heterocycles. The van der Waals surface area contributed by atoms with Gasteiger partial charge in [-0.25, -0.2) is 4.98 Å². The molecule has 0 aliphatic rings. The minimum absolute atomic E-state index is 0.520. The first-order valence-corrected chi connectivity index (χ1v) is 6.03. The van der Waals surface area contributed by atoms with Crippen molar-refractivity contribution in [2.75, 3.05) is 0 Å². The third-order valence-corrected chi connectivity index (χ3v) is 3.63. The van der Waals surface area contributed by atoms with Crippen molar-refractivity contribution < 1.29 is 0 Å². The number of nitrogens with zero attached hydrogens (tertiary/aromatic N) is 1. The molecular formula is C13H15NS. The van der Waals surface area contributed by atoms with Crippen LogP contribution in [0.25, 0.3) is 11.3 Å². The zero-order chi connectivity index (χ0) is 10.8. The minimum atomic E-state index is 0.520. The van der Waals surface area contributed by atoms with E-state index >= 15 is 0 Å². The van der Waals surface area contributed by atoms with Crippen LogP contribution in [-0.4, -0.2) is 4.98 Å². The molecule has 1 aromatic carbocycles. The number of thiazole rings is 1. The SMILES string of the molecule is Cc1sc(C(C)C)nc1-c1ccccc1. The second-order valence-electron chi connectivity index (χ2n) is 3.98. The number of aromatic nitrogens is 1. The van der Waals surface area contributed by atoms with Gasteiger partial charge in [0.25, 0.3) is 0 Å². The summed E-state index contributed by atoms with van der Waals surface area (Å²) in [5, 5.41) is 1.23. The molecular weight excluding hydrogens is 202 g/mol. The molecule has 0 amide bonds. The summed E-state index contributed by atoms with van der Waals surface area (Å²) in [7, 11) is 0. The lowest BCUT2D eigenvalue weighted by molar-refractivity contribution is 0.853. The molecule has 1 aromatic heterocycles. The van der Waals surface area contributed by atoms with Gasteiger partial charge in [0.15, 0.2) is 0 Å². The molecule has 2 heteroatoms. The number of rotatable bonds is 2. The van der Waals surface area contributed by atoms with E-state index in [2.05, 4.69) is 45.0 Å². The van der Waals surface area contributed by atoms with Crippen LogP contribution >= 0.6 is 11.3 Å². The van der Waals surface area contributed by atoms with E-state index in [1.165, 1.54) is 15.4 Å². The number of hydrogen-bond donors (Lipinski definition) is 0. The van der Waals surface area contributed by atoms with E-state index in [-0.39, 0.29) is 0 Å². The normalized spacial score (nSPS) is 10.9. The topological polar surface area (TPSA) is 12.9 Å². The van der Waals surface area contributed by atoms with Crippen LogP contribution in [0.3, 0.4) is 0 Å². The summed E-state index contributed by atoms with van der Waals surface area (Å²) in [6.45, 7) is 6.52. The standard InChI is InChI=1S/C13H15NS/c1-9(2)13-14-12(10(3)15-13)11-7-5-4-6-8-11/h4-9H,1-3H3. The van der Waals surface area contributed by atoms with Crippen molar-refractivity contribution in [1.82, 2.24) is 4.98 Å². The van der Waals surface area contributed by atoms with Crippen LogP contribution in [0, 0.1) is 6.92 Å². The quantitative estimate of drug-likeness (QED) is 0.733. The Morgan fingerprint density at radius 2 is 1.80 bits per heavy atom. The van der Waals surface area contributed by atoms with E-state index in [0.29, 0.717) is 5.92 Å². The second-order valence-corrected chi connectivity index (χ2v) is 5.21. The summed E-state index contributed by atoms with van der Waals surface area (Å²) in [6.07, 6.45) is 0. The molecule has 0 aliphatic heterocycles. The van der Waals surface area contributed by atoms with Gasteiger partial charge in [0.05, 0.1) is 10.7 Å². The van der Waals surface area contributed by atoms with E-state index in [0.717, 1.165) is 5.69 Å². The molecule has 0 atom stereocenters. The zero-order valence-corrected chi connectivity index (χ0v) is 10.1. The van der Waals surface area contributed by atoms with Crippen molar-refractivity contribution >= 4 is 11.3 Å². The van der Waals surface area contributed by atoms with Crippen molar-refractivity contribution in [3.63, 3.8) is 0 Å². The van der Waals surface area contributed by atoms with Crippen LogP contribution in [0.1, 0.15) is 29.7 Å². The van der Waals surface area contributed by atoms with E-state index < -0.39 is 0 Å². The van der Waals surface area contributed by atoms with Crippen LogP contribution in [0.4, 0.5) is 0 Å². The molecule has 0 fully saturated rings. The van der Waals surface area contributed by atoms with E-state index in [1.807, 2.05) is 6.07 Å². The van der Waals surface area contributed by atoms with Gasteiger partial charge in [-0.1, -0.05) is 44.2 Å². The Morgan fingerprint density at radius 3 is 2.33 bits per heavy atom. The van der Waals surface area contributed by atoms with Gasteiger partial charge >= 0.3 is 0 Å². The van der Waals surface area contributed by atoms with E-state index in [1.54, 1.807) is 11.3 Å². The lowest BCUT2D eigenvalue weighted by Gasteiger charge is -1.98. The molecule has 2 rings (SSSR count). The monoisotopic (exact) mass is 217 g/mol. The highest BCUT2D eigenvalue weighted by Crippen LogP contribution is 2.30. The van der Waals surface area contributed by atoms with Crippen molar-refractivity contribution in [3.05, 3.63) is 40.2 Å². The van der Waals surface area contributed by atoms with Crippen LogP contribution in [-0.2, 0) is 0 Å². The fraction of sp³-hybridized carbons (Fsp3) is 0.308. The molecule has 1 heterocycles. The third kappa shape index (κ3) is 2.10. The van der Waals surface area contributed by atoms with Gasteiger partial charge in [-0.05, 0) is 6.92 Å². The zero-order valence-electron chi connectivity index (χ0n) is 9.32. The first-order chi connectivity index (χ1) is 7.18. The van der Waals surface area contributed by atoms with Crippen molar-refractivity contribution in [2.45, 2.75) is 26.7 Å². The second kappa shape index (κ2) is 4.15. The predicted molar refractivity (Wildman–Crippen MR) is 66.4 cm³/mol. The molecule has 15 heavy (non-hydrogen) atoms. The first kappa shape index (κ1) is 10.4. The summed E-state index contributed by atoms with van der Waals surface area (Å²) in [5.74, 6) is 0.520. The average molecular weight is 217 g/mol. The summed E-state index contributed by atoms with van der Waals surface area (Å²) in [6, 6.07) is 10.4. The Balaban J connectivity index is 2.45. The van der Waals surface area contributed by atoms with Gasteiger partial charge in [0.1, 0.15) is 0 Å². The maximum Gasteiger partial charge on any atom is 0.0960 e. The fourth-order valence-electron chi connectivity index (χ4n) is 1.53. The lowest BCUT2D eigenvalue weighted by Crippen LogP contribution is -1.85. The molecule has 0 radical (unpaired) electrons. The van der Waals surface area contributed by atoms with Crippen molar-refractivity contribution in [1.29, 1.82) is 0 Å². The van der Waals surface area contributed by atoms with Crippen LogP contribution < -0.4 is 0 Å². The molecule has 0 aliphatic carbocycles. The van der Waals surface area contributed by atoms with Gasteiger partial charge < -0.3 is 0 Å². The molecule has 1 nitrogen and oxygen atoms in total. The summed E-state index contributed by atoms with van der Waals surface area (Å²) in [5.41, 5.74) is 2.36. The highest BCUT2D eigenvalue weighted by atomic mass is 32.1. The Hall–Kier alpha value is -1.15. The maximum absolute atomic E-state index is 4.70. The highest BCUT2D eigenvalue weighted by Gasteiger charge is 2.11. The average Bonchev–Trinajstić information content (AvgIpc) is 2.62. The van der Waals surface area contributed by atoms with Crippen LogP contribution in [0.5, 0.6) is 0 Å². The molecule has 2 aromatic rings. The molecule has 78 valence electrons. The molecule has 0 unspecified atom stereocenters. The number of benzene rings is 1. The van der Waals surface area contributed by atoms with E-state index in [4.69, 9.17) is 4.98 Å². The Morgan fingerprint density at radius 1 is 1.13 bits per heavy atom. The smallest absolute Gasteiger partial charge is 0.0960 e.